The van der Waals surface area contributed by atoms with Crippen molar-refractivity contribution in [3.8, 4) is 5.75 Å². The molecule has 0 unspecified atom stereocenters. The summed E-state index contributed by atoms with van der Waals surface area (Å²) >= 11 is 0. The summed E-state index contributed by atoms with van der Waals surface area (Å²) in [6.07, 6.45) is 1.45. The number of amides is 1. The van der Waals surface area contributed by atoms with Crippen molar-refractivity contribution >= 4 is 15.9 Å². The van der Waals surface area contributed by atoms with E-state index in [1.54, 1.807) is 17.0 Å². The summed E-state index contributed by atoms with van der Waals surface area (Å²) in [5, 5.41) is 0. The van der Waals surface area contributed by atoms with E-state index in [0.29, 0.717) is 18.8 Å². The van der Waals surface area contributed by atoms with Crippen LogP contribution >= 0.6 is 0 Å². The first kappa shape index (κ1) is 18.1. The smallest absolute Gasteiger partial charge is 0.244 e. The van der Waals surface area contributed by atoms with Crippen molar-refractivity contribution in [2.75, 3.05) is 26.7 Å². The molecule has 3 rings (SSSR count). The highest BCUT2D eigenvalue weighted by Crippen LogP contribution is 2.30. The molecule has 0 saturated carbocycles. The molecule has 1 aromatic rings. The Morgan fingerprint density at radius 2 is 1.96 bits per heavy atom. The van der Waals surface area contributed by atoms with Crippen molar-refractivity contribution in [1.29, 1.82) is 0 Å². The van der Waals surface area contributed by atoms with Crippen LogP contribution in [0.5, 0.6) is 5.75 Å². The number of carbonyl (C=O) groups excluding carboxylic acids is 1. The molecule has 2 aliphatic rings. The van der Waals surface area contributed by atoms with Gasteiger partial charge in [-0.3, -0.25) is 4.79 Å². The number of ether oxygens (including phenoxy) is 1. The number of hydrogen-bond donors (Lipinski definition) is 0. The number of hydrogen-bond acceptors (Lipinski definition) is 4. The first-order valence-corrected chi connectivity index (χ1v) is 9.96. The van der Waals surface area contributed by atoms with Crippen LogP contribution in [0.4, 0.5) is 4.39 Å². The first-order chi connectivity index (χ1) is 11.9. The predicted molar refractivity (Wildman–Crippen MR) is 90.6 cm³/mol. The first-order valence-electron chi connectivity index (χ1n) is 8.52. The van der Waals surface area contributed by atoms with Crippen LogP contribution in [0.2, 0.25) is 0 Å². The van der Waals surface area contributed by atoms with Crippen LogP contribution < -0.4 is 4.74 Å². The topological polar surface area (TPSA) is 66.9 Å². The van der Waals surface area contributed by atoms with Gasteiger partial charge in [0.1, 0.15) is 18.0 Å². The third-order valence-corrected chi connectivity index (χ3v) is 6.68. The minimum atomic E-state index is -3.97. The van der Waals surface area contributed by atoms with Gasteiger partial charge in [0.25, 0.3) is 0 Å². The number of alkyl halides is 1. The number of carbonyl (C=O) groups is 1. The van der Waals surface area contributed by atoms with Crippen molar-refractivity contribution in [3.63, 3.8) is 0 Å². The van der Waals surface area contributed by atoms with Gasteiger partial charge in [-0.25, -0.2) is 12.8 Å². The minimum absolute atomic E-state index is 0.0115. The normalized spacial score (nSPS) is 25.1. The average molecular weight is 370 g/mol. The quantitative estimate of drug-likeness (QED) is 0.811. The Hall–Kier alpha value is -1.67. The lowest BCUT2D eigenvalue weighted by atomic mass is 10.1. The number of benzene rings is 1. The van der Waals surface area contributed by atoms with E-state index in [-0.39, 0.29) is 23.8 Å². The Balaban J connectivity index is 1.88. The highest BCUT2D eigenvalue weighted by Gasteiger charge is 2.45. The number of methoxy groups -OCH3 is 1. The molecule has 2 fully saturated rings. The molecule has 0 aliphatic carbocycles. The number of rotatable bonds is 4. The van der Waals surface area contributed by atoms with Crippen LogP contribution in [-0.2, 0) is 14.8 Å². The molecular weight excluding hydrogens is 347 g/mol. The third kappa shape index (κ3) is 3.64. The van der Waals surface area contributed by atoms with Gasteiger partial charge in [-0.2, -0.15) is 4.31 Å². The highest BCUT2D eigenvalue weighted by molar-refractivity contribution is 7.89. The van der Waals surface area contributed by atoms with Gasteiger partial charge in [-0.1, -0.05) is 6.07 Å². The van der Waals surface area contributed by atoms with E-state index < -0.39 is 22.2 Å². The van der Waals surface area contributed by atoms with E-state index in [4.69, 9.17) is 4.74 Å². The molecule has 0 N–H and O–H groups in total. The van der Waals surface area contributed by atoms with Crippen LogP contribution in [0.25, 0.3) is 0 Å². The van der Waals surface area contributed by atoms with Gasteiger partial charge < -0.3 is 9.64 Å². The van der Waals surface area contributed by atoms with E-state index in [9.17, 15) is 17.6 Å². The largest absolute Gasteiger partial charge is 0.497 e. The number of likely N-dealkylation sites (tertiary alicyclic amines) is 1. The number of nitrogens with zero attached hydrogens (tertiary/aromatic N) is 2. The lowest BCUT2D eigenvalue weighted by Gasteiger charge is -2.32. The Morgan fingerprint density at radius 3 is 2.64 bits per heavy atom. The predicted octanol–water partition coefficient (Wildman–Crippen LogP) is 1.81. The van der Waals surface area contributed by atoms with E-state index >= 15 is 0 Å². The lowest BCUT2D eigenvalue weighted by Crippen LogP contribution is -2.49. The van der Waals surface area contributed by atoms with Crippen LogP contribution in [-0.4, -0.2) is 62.5 Å². The molecular formula is C17H23FN2O4S. The fourth-order valence-electron chi connectivity index (χ4n) is 3.47. The second-order valence-electron chi connectivity index (χ2n) is 6.49. The summed E-state index contributed by atoms with van der Waals surface area (Å²) in [4.78, 5) is 14.5. The standard InChI is InChI=1S/C17H23FN2O4S/c1-24-14-6-5-7-15(11-14)25(22,23)20-12-13(18)10-16(20)17(21)19-8-3-2-4-9-19/h5-7,11,13,16H,2-4,8-10,12H2,1H3/t13-,16-/m0/s1. The van der Waals surface area contributed by atoms with Crippen LogP contribution in [0.3, 0.4) is 0 Å². The molecule has 1 amide bonds. The number of piperidine rings is 1. The minimum Gasteiger partial charge on any atom is -0.497 e. The molecule has 0 spiro atoms. The maximum absolute atomic E-state index is 14.0. The van der Waals surface area contributed by atoms with E-state index in [1.165, 1.54) is 19.2 Å². The van der Waals surface area contributed by atoms with Crippen molar-refractivity contribution in [2.24, 2.45) is 0 Å². The Labute approximate surface area is 147 Å². The number of halogens is 1. The van der Waals surface area contributed by atoms with Gasteiger partial charge in [-0.05, 0) is 31.4 Å². The highest BCUT2D eigenvalue weighted by atomic mass is 32.2. The maximum Gasteiger partial charge on any atom is 0.244 e. The molecule has 2 heterocycles. The van der Waals surface area contributed by atoms with Crippen molar-refractivity contribution < 1.29 is 22.3 Å². The summed E-state index contributed by atoms with van der Waals surface area (Å²) in [6, 6.07) is 5.06. The fraction of sp³-hybridized carbons (Fsp3) is 0.588. The molecule has 0 radical (unpaired) electrons. The van der Waals surface area contributed by atoms with Crippen molar-refractivity contribution in [2.45, 2.75) is 42.8 Å². The summed E-state index contributed by atoms with van der Waals surface area (Å²) in [6.45, 7) is 0.933. The molecule has 25 heavy (non-hydrogen) atoms. The zero-order valence-corrected chi connectivity index (χ0v) is 15.0. The Kier molecular flexibility index (Phi) is 5.29. The molecule has 2 aliphatic heterocycles. The summed E-state index contributed by atoms with van der Waals surface area (Å²) in [7, 11) is -2.52. The molecule has 138 valence electrons. The van der Waals surface area contributed by atoms with Gasteiger partial charge in [0.2, 0.25) is 15.9 Å². The fourth-order valence-corrected chi connectivity index (χ4v) is 5.12. The third-order valence-electron chi connectivity index (χ3n) is 4.81. The SMILES string of the molecule is COc1cccc(S(=O)(=O)N2C[C@@H](F)C[C@H]2C(=O)N2CCCCC2)c1. The summed E-state index contributed by atoms with van der Waals surface area (Å²) < 4.78 is 46.1. The average Bonchev–Trinajstić information content (AvgIpc) is 3.04. The maximum atomic E-state index is 14.0. The van der Waals surface area contributed by atoms with Crippen LogP contribution in [0.15, 0.2) is 29.2 Å². The molecule has 0 aromatic heterocycles. The monoisotopic (exact) mass is 370 g/mol. The molecule has 2 saturated heterocycles. The van der Waals surface area contributed by atoms with Crippen LogP contribution in [0, 0.1) is 0 Å². The molecule has 0 bridgehead atoms. The van der Waals surface area contributed by atoms with Gasteiger partial charge >= 0.3 is 0 Å². The van der Waals surface area contributed by atoms with E-state index in [0.717, 1.165) is 23.6 Å². The van der Waals surface area contributed by atoms with E-state index in [2.05, 4.69) is 0 Å². The molecule has 6 nitrogen and oxygen atoms in total. The van der Waals surface area contributed by atoms with Gasteiger partial charge in [0, 0.05) is 32.1 Å². The summed E-state index contributed by atoms with van der Waals surface area (Å²) in [5.74, 6) is 0.113. The van der Waals surface area contributed by atoms with Crippen molar-refractivity contribution in [3.05, 3.63) is 24.3 Å². The molecule has 1 aromatic carbocycles. The number of sulfonamides is 1. The van der Waals surface area contributed by atoms with Crippen LogP contribution in [0.1, 0.15) is 25.7 Å². The lowest BCUT2D eigenvalue weighted by molar-refractivity contribution is -0.135. The second kappa shape index (κ2) is 7.29. The van der Waals surface area contributed by atoms with Gasteiger partial charge in [0.05, 0.1) is 12.0 Å². The van der Waals surface area contributed by atoms with Gasteiger partial charge in [0.15, 0.2) is 0 Å². The Bertz CT molecular complexity index is 734. The molecule has 2 atom stereocenters. The van der Waals surface area contributed by atoms with E-state index in [1.807, 2.05) is 0 Å². The molecule has 8 heteroatoms. The van der Waals surface area contributed by atoms with Crippen molar-refractivity contribution in [1.82, 2.24) is 9.21 Å². The Morgan fingerprint density at radius 1 is 1.24 bits per heavy atom. The second-order valence-corrected chi connectivity index (χ2v) is 8.38. The van der Waals surface area contributed by atoms with Gasteiger partial charge in [-0.15, -0.1) is 0 Å². The zero-order chi connectivity index (χ0) is 18.0. The zero-order valence-electron chi connectivity index (χ0n) is 14.2. The summed E-state index contributed by atoms with van der Waals surface area (Å²) in [5.41, 5.74) is 0.